The lowest BCUT2D eigenvalue weighted by Gasteiger charge is -2.06. The summed E-state index contributed by atoms with van der Waals surface area (Å²) < 4.78 is 9.42. The van der Waals surface area contributed by atoms with E-state index in [4.69, 9.17) is 10.5 Å². The Balaban J connectivity index is 3.21. The molecule has 0 saturated heterocycles. The monoisotopic (exact) mass is 275 g/mol. The predicted octanol–water partition coefficient (Wildman–Crippen LogP) is 0.114. The van der Waals surface area contributed by atoms with Crippen LogP contribution >= 0.6 is 0 Å². The number of carbonyl (C=O) groups excluding carboxylic acids is 3. The van der Waals surface area contributed by atoms with Gasteiger partial charge in [0.05, 0.1) is 13.2 Å². The summed E-state index contributed by atoms with van der Waals surface area (Å²) in [5, 5.41) is 5.08. The van der Waals surface area contributed by atoms with Crippen LogP contribution in [0.1, 0.15) is 25.7 Å². The second-order valence-corrected chi connectivity index (χ2v) is 3.72. The molecular weight excluding hydrogens is 254 g/mol. The van der Waals surface area contributed by atoms with E-state index in [0.717, 1.165) is 6.42 Å². The van der Waals surface area contributed by atoms with Gasteiger partial charge in [-0.3, -0.25) is 4.79 Å². The molecule has 8 nitrogen and oxygen atoms in total. The third-order valence-electron chi connectivity index (χ3n) is 2.12. The Morgan fingerprint density at radius 3 is 2.26 bits per heavy atom. The van der Waals surface area contributed by atoms with E-state index < -0.39 is 12.2 Å². The predicted molar refractivity (Wildman–Crippen MR) is 67.4 cm³/mol. The van der Waals surface area contributed by atoms with E-state index in [9.17, 15) is 14.4 Å². The average Bonchev–Trinajstić information content (AvgIpc) is 2.37. The van der Waals surface area contributed by atoms with Crippen molar-refractivity contribution in [2.45, 2.75) is 25.7 Å². The number of hydrogen-bond donors (Lipinski definition) is 3. The molecule has 0 spiro atoms. The largest absolute Gasteiger partial charge is 0.450 e. The van der Waals surface area contributed by atoms with Gasteiger partial charge in [0.25, 0.3) is 0 Å². The summed E-state index contributed by atoms with van der Waals surface area (Å²) in [5.74, 6) is 0. The van der Waals surface area contributed by atoms with Crippen LogP contribution in [-0.4, -0.2) is 44.9 Å². The molecule has 8 heteroatoms. The lowest BCUT2D eigenvalue weighted by atomic mass is 10.3. The summed E-state index contributed by atoms with van der Waals surface area (Å²) in [6.45, 7) is 1.59. The summed E-state index contributed by atoms with van der Waals surface area (Å²) in [7, 11) is 0. The van der Waals surface area contributed by atoms with Gasteiger partial charge in [0, 0.05) is 13.1 Å². The highest BCUT2D eigenvalue weighted by atomic mass is 16.5. The molecule has 0 aromatic rings. The Bertz CT molecular complexity index is 273. The zero-order valence-electron chi connectivity index (χ0n) is 10.9. The topological polar surface area (TPSA) is 120 Å². The Morgan fingerprint density at radius 1 is 1.00 bits per heavy atom. The molecule has 0 rings (SSSR count). The van der Waals surface area contributed by atoms with Gasteiger partial charge in [0.1, 0.15) is 0 Å². The van der Waals surface area contributed by atoms with Crippen molar-refractivity contribution in [2.24, 2.45) is 5.73 Å². The van der Waals surface area contributed by atoms with Crippen LogP contribution in [0.25, 0.3) is 0 Å². The number of alkyl carbamates (subject to hydrolysis) is 1. The van der Waals surface area contributed by atoms with E-state index in [1.54, 1.807) is 0 Å². The van der Waals surface area contributed by atoms with Gasteiger partial charge in [-0.2, -0.15) is 0 Å². The smallest absolute Gasteiger partial charge is 0.407 e. The first kappa shape index (κ1) is 17.0. The number of carbonyl (C=O) groups is 3. The van der Waals surface area contributed by atoms with Crippen molar-refractivity contribution in [3.8, 4) is 0 Å². The number of nitrogens with two attached hydrogens (primary N) is 1. The minimum absolute atomic E-state index is 0.246. The molecule has 0 heterocycles. The Labute approximate surface area is 112 Å². The zero-order valence-corrected chi connectivity index (χ0v) is 10.9. The average molecular weight is 275 g/mol. The number of nitrogens with one attached hydrogen (secondary N) is 2. The normalized spacial score (nSPS) is 9.47. The SMILES string of the molecule is NC(=O)OCCCCNC(=O)OCCCCNC=O. The third-order valence-corrected chi connectivity index (χ3v) is 2.12. The number of ether oxygens (including phenoxy) is 2. The maximum Gasteiger partial charge on any atom is 0.407 e. The van der Waals surface area contributed by atoms with E-state index in [1.165, 1.54) is 0 Å². The van der Waals surface area contributed by atoms with Gasteiger partial charge in [-0.25, -0.2) is 9.59 Å². The fraction of sp³-hybridized carbons (Fsp3) is 0.727. The quantitative estimate of drug-likeness (QED) is 0.365. The number of amides is 3. The summed E-state index contributed by atoms with van der Waals surface area (Å²) in [4.78, 5) is 31.3. The molecule has 0 saturated carbocycles. The fourth-order valence-electron chi connectivity index (χ4n) is 1.19. The van der Waals surface area contributed by atoms with Crippen molar-refractivity contribution >= 4 is 18.6 Å². The van der Waals surface area contributed by atoms with Crippen molar-refractivity contribution in [2.75, 3.05) is 26.3 Å². The van der Waals surface area contributed by atoms with Crippen LogP contribution in [0.2, 0.25) is 0 Å². The van der Waals surface area contributed by atoms with Crippen molar-refractivity contribution in [3.63, 3.8) is 0 Å². The van der Waals surface area contributed by atoms with Crippen LogP contribution in [0, 0.1) is 0 Å². The van der Waals surface area contributed by atoms with Gasteiger partial charge in [-0.15, -0.1) is 0 Å². The van der Waals surface area contributed by atoms with E-state index >= 15 is 0 Å². The standard InChI is InChI=1S/C11H21N3O5/c12-10(16)18-7-4-2-6-14-11(17)19-8-3-1-5-13-9-15/h9H,1-8H2,(H2,12,16)(H,13,15)(H,14,17). The van der Waals surface area contributed by atoms with Gasteiger partial charge >= 0.3 is 12.2 Å². The molecule has 0 aliphatic carbocycles. The van der Waals surface area contributed by atoms with Crippen LogP contribution in [0.3, 0.4) is 0 Å². The Morgan fingerprint density at radius 2 is 1.63 bits per heavy atom. The molecule has 19 heavy (non-hydrogen) atoms. The zero-order chi connectivity index (χ0) is 14.3. The van der Waals surface area contributed by atoms with Gasteiger partial charge in [0.15, 0.2) is 0 Å². The summed E-state index contributed by atoms with van der Waals surface area (Å²) in [6, 6.07) is 0. The lowest BCUT2D eigenvalue weighted by Crippen LogP contribution is -2.26. The van der Waals surface area contributed by atoms with Gasteiger partial charge < -0.3 is 25.8 Å². The maximum absolute atomic E-state index is 11.2. The molecule has 3 amide bonds. The number of primary amides is 1. The highest BCUT2D eigenvalue weighted by Gasteiger charge is 2.00. The second kappa shape index (κ2) is 12.5. The minimum atomic E-state index is -0.795. The van der Waals surface area contributed by atoms with E-state index in [1.807, 2.05) is 0 Å². The molecule has 0 fully saturated rings. The molecule has 110 valence electrons. The number of unbranched alkanes of at least 4 members (excludes halogenated alkanes) is 2. The molecule has 0 radical (unpaired) electrons. The van der Waals surface area contributed by atoms with Crippen molar-refractivity contribution in [1.29, 1.82) is 0 Å². The third kappa shape index (κ3) is 13.9. The molecular formula is C11H21N3O5. The summed E-state index contributed by atoms with van der Waals surface area (Å²) in [6.07, 6.45) is 2.12. The molecule has 0 aliphatic rings. The van der Waals surface area contributed by atoms with Crippen LogP contribution in [0.4, 0.5) is 9.59 Å². The van der Waals surface area contributed by atoms with E-state index in [2.05, 4.69) is 15.4 Å². The Hall–Kier alpha value is -1.99. The van der Waals surface area contributed by atoms with Crippen molar-refractivity contribution < 1.29 is 23.9 Å². The molecule has 0 aromatic heterocycles. The first-order valence-electron chi connectivity index (χ1n) is 6.16. The number of rotatable bonds is 11. The van der Waals surface area contributed by atoms with E-state index in [-0.39, 0.29) is 6.61 Å². The van der Waals surface area contributed by atoms with Crippen LogP contribution < -0.4 is 16.4 Å². The van der Waals surface area contributed by atoms with Gasteiger partial charge in [-0.1, -0.05) is 0 Å². The molecule has 4 N–H and O–H groups in total. The fourth-order valence-corrected chi connectivity index (χ4v) is 1.19. The summed E-state index contributed by atoms with van der Waals surface area (Å²) >= 11 is 0. The van der Waals surface area contributed by atoms with Crippen LogP contribution in [0.15, 0.2) is 0 Å². The second-order valence-electron chi connectivity index (χ2n) is 3.72. The molecule has 0 aromatic carbocycles. The molecule has 0 aliphatic heterocycles. The first-order valence-corrected chi connectivity index (χ1v) is 6.16. The van der Waals surface area contributed by atoms with Crippen LogP contribution in [-0.2, 0) is 14.3 Å². The number of hydrogen-bond acceptors (Lipinski definition) is 5. The van der Waals surface area contributed by atoms with E-state index in [0.29, 0.717) is 45.4 Å². The van der Waals surface area contributed by atoms with Gasteiger partial charge in [0.2, 0.25) is 6.41 Å². The lowest BCUT2D eigenvalue weighted by molar-refractivity contribution is -0.109. The first-order chi connectivity index (χ1) is 9.16. The highest BCUT2D eigenvalue weighted by Crippen LogP contribution is 1.91. The molecule has 0 atom stereocenters. The van der Waals surface area contributed by atoms with Gasteiger partial charge in [-0.05, 0) is 25.7 Å². The minimum Gasteiger partial charge on any atom is -0.450 e. The summed E-state index contributed by atoms with van der Waals surface area (Å²) in [5.41, 5.74) is 4.78. The molecule has 0 unspecified atom stereocenters. The highest BCUT2D eigenvalue weighted by molar-refractivity contribution is 5.67. The Kier molecular flexibility index (Phi) is 11.2. The van der Waals surface area contributed by atoms with Crippen molar-refractivity contribution in [1.82, 2.24) is 10.6 Å². The van der Waals surface area contributed by atoms with Crippen LogP contribution in [0.5, 0.6) is 0 Å². The van der Waals surface area contributed by atoms with Crippen molar-refractivity contribution in [3.05, 3.63) is 0 Å². The molecule has 0 bridgehead atoms. The maximum atomic E-state index is 11.2.